The van der Waals surface area contributed by atoms with Crippen molar-refractivity contribution >= 4 is 39.1 Å². The van der Waals surface area contributed by atoms with Crippen LogP contribution >= 0.6 is 11.6 Å². The predicted octanol–water partition coefficient (Wildman–Crippen LogP) is 4.05. The number of nitrogens with zero attached hydrogens (tertiary/aromatic N) is 2. The normalized spacial score (nSPS) is 12.7. The molecule has 0 heterocycles. The summed E-state index contributed by atoms with van der Waals surface area (Å²) in [4.78, 5) is 27.9. The van der Waals surface area contributed by atoms with Gasteiger partial charge in [0.2, 0.25) is 21.8 Å². The van der Waals surface area contributed by atoms with Gasteiger partial charge in [-0.15, -0.1) is 0 Å². The molecular formula is C25H34ClN3O4S. The molecule has 2 rings (SSSR count). The van der Waals surface area contributed by atoms with E-state index >= 15 is 0 Å². The van der Waals surface area contributed by atoms with Gasteiger partial charge in [0.1, 0.15) is 12.6 Å². The van der Waals surface area contributed by atoms with E-state index in [1.54, 1.807) is 43.3 Å². The molecule has 0 saturated carbocycles. The number of carbonyl (C=O) groups is 2. The average molecular weight is 508 g/mol. The number of amides is 2. The van der Waals surface area contributed by atoms with Crippen molar-refractivity contribution in [2.45, 2.75) is 59.7 Å². The Hall–Kier alpha value is -2.58. The van der Waals surface area contributed by atoms with E-state index in [1.807, 2.05) is 40.7 Å². The maximum absolute atomic E-state index is 13.5. The third-order valence-corrected chi connectivity index (χ3v) is 6.93. The van der Waals surface area contributed by atoms with E-state index in [9.17, 15) is 18.0 Å². The van der Waals surface area contributed by atoms with Gasteiger partial charge in [-0.2, -0.15) is 0 Å². The molecule has 34 heavy (non-hydrogen) atoms. The van der Waals surface area contributed by atoms with Crippen LogP contribution in [-0.2, 0) is 26.2 Å². The maximum Gasteiger partial charge on any atom is 0.244 e. The van der Waals surface area contributed by atoms with Crippen LogP contribution in [0, 0.1) is 13.8 Å². The van der Waals surface area contributed by atoms with Crippen molar-refractivity contribution in [1.29, 1.82) is 0 Å². The van der Waals surface area contributed by atoms with Gasteiger partial charge in [-0.1, -0.05) is 35.9 Å². The second kappa shape index (κ2) is 10.8. The van der Waals surface area contributed by atoms with E-state index in [0.717, 1.165) is 21.7 Å². The molecule has 1 unspecified atom stereocenters. The highest BCUT2D eigenvalue weighted by Gasteiger charge is 2.31. The van der Waals surface area contributed by atoms with Gasteiger partial charge >= 0.3 is 0 Å². The Morgan fingerprint density at radius 3 is 2.21 bits per heavy atom. The summed E-state index contributed by atoms with van der Waals surface area (Å²) in [5.41, 5.74) is 2.47. The van der Waals surface area contributed by atoms with E-state index in [0.29, 0.717) is 16.3 Å². The molecule has 2 aromatic carbocycles. The minimum absolute atomic E-state index is 0.0573. The lowest BCUT2D eigenvalue weighted by atomic mass is 10.1. The van der Waals surface area contributed by atoms with Crippen molar-refractivity contribution in [1.82, 2.24) is 10.2 Å². The fourth-order valence-electron chi connectivity index (χ4n) is 3.36. The second-order valence-electron chi connectivity index (χ2n) is 9.57. The van der Waals surface area contributed by atoms with Crippen molar-refractivity contribution in [2.24, 2.45) is 0 Å². The molecule has 0 bridgehead atoms. The summed E-state index contributed by atoms with van der Waals surface area (Å²) < 4.78 is 26.4. The first kappa shape index (κ1) is 27.7. The topological polar surface area (TPSA) is 86.8 Å². The number of hydrogen-bond donors (Lipinski definition) is 1. The SMILES string of the molecule is Cc1ccc(N(CC(=O)N(Cc2ccccc2Cl)C(C)C(=O)NC(C)(C)C)S(C)(=O)=O)cc1C. The van der Waals surface area contributed by atoms with Gasteiger partial charge < -0.3 is 10.2 Å². The molecule has 2 aromatic rings. The molecule has 0 aliphatic heterocycles. The third-order valence-electron chi connectivity index (χ3n) is 5.42. The van der Waals surface area contributed by atoms with E-state index in [2.05, 4.69) is 5.32 Å². The Kier molecular flexibility index (Phi) is 8.77. The molecule has 1 atom stereocenters. The van der Waals surface area contributed by atoms with Crippen LogP contribution < -0.4 is 9.62 Å². The number of nitrogens with one attached hydrogen (secondary N) is 1. The number of anilines is 1. The monoisotopic (exact) mass is 507 g/mol. The maximum atomic E-state index is 13.5. The van der Waals surface area contributed by atoms with Gasteiger partial charge in [0.25, 0.3) is 0 Å². The lowest BCUT2D eigenvalue weighted by Crippen LogP contribution is -2.54. The number of benzene rings is 2. The molecule has 0 fully saturated rings. The van der Waals surface area contributed by atoms with Crippen molar-refractivity contribution < 1.29 is 18.0 Å². The largest absolute Gasteiger partial charge is 0.350 e. The lowest BCUT2D eigenvalue weighted by Gasteiger charge is -2.33. The fourth-order valence-corrected chi connectivity index (χ4v) is 4.40. The van der Waals surface area contributed by atoms with Gasteiger partial charge in [-0.3, -0.25) is 13.9 Å². The first-order valence-electron chi connectivity index (χ1n) is 11.0. The van der Waals surface area contributed by atoms with Gasteiger partial charge in [-0.25, -0.2) is 8.42 Å². The molecule has 186 valence electrons. The fraction of sp³-hybridized carbons (Fsp3) is 0.440. The van der Waals surface area contributed by atoms with Crippen molar-refractivity contribution in [3.8, 4) is 0 Å². The first-order valence-corrected chi connectivity index (χ1v) is 13.2. The highest BCUT2D eigenvalue weighted by Crippen LogP contribution is 2.23. The van der Waals surface area contributed by atoms with Crippen LogP contribution in [0.3, 0.4) is 0 Å². The van der Waals surface area contributed by atoms with Gasteiger partial charge in [0.05, 0.1) is 11.9 Å². The number of halogens is 1. The summed E-state index contributed by atoms with van der Waals surface area (Å²) in [6.07, 6.45) is 1.06. The van der Waals surface area contributed by atoms with E-state index in [4.69, 9.17) is 11.6 Å². The zero-order chi connectivity index (χ0) is 25.8. The molecule has 1 N–H and O–H groups in total. The van der Waals surface area contributed by atoms with Crippen LogP contribution in [0.1, 0.15) is 44.4 Å². The van der Waals surface area contributed by atoms with Crippen LogP contribution in [0.15, 0.2) is 42.5 Å². The standard InChI is InChI=1S/C25H34ClN3O4S/c1-17-12-13-21(14-18(17)2)29(34(7,32)33)16-23(30)28(15-20-10-8-9-11-22(20)26)19(3)24(31)27-25(4,5)6/h8-14,19H,15-16H2,1-7H3,(H,27,31). The summed E-state index contributed by atoms with van der Waals surface area (Å²) in [7, 11) is -3.77. The summed E-state index contributed by atoms with van der Waals surface area (Å²) in [5.74, 6) is -0.856. The lowest BCUT2D eigenvalue weighted by molar-refractivity contribution is -0.140. The second-order valence-corrected chi connectivity index (χ2v) is 11.9. The summed E-state index contributed by atoms with van der Waals surface area (Å²) in [6.45, 7) is 10.6. The average Bonchev–Trinajstić information content (AvgIpc) is 2.70. The number of hydrogen-bond acceptors (Lipinski definition) is 4. The van der Waals surface area contributed by atoms with E-state index in [-0.39, 0.29) is 12.5 Å². The molecule has 0 saturated heterocycles. The van der Waals surface area contributed by atoms with Crippen molar-refractivity contribution in [3.63, 3.8) is 0 Å². The number of rotatable bonds is 8. The van der Waals surface area contributed by atoms with Gasteiger partial charge in [-0.05, 0) is 76.4 Å². The molecule has 0 aliphatic rings. The number of aryl methyl sites for hydroxylation is 2. The van der Waals surface area contributed by atoms with Crippen LogP contribution in [0.5, 0.6) is 0 Å². The van der Waals surface area contributed by atoms with Crippen molar-refractivity contribution in [2.75, 3.05) is 17.1 Å². The molecule has 0 radical (unpaired) electrons. The van der Waals surface area contributed by atoms with Gasteiger partial charge in [0, 0.05) is 17.1 Å². The highest BCUT2D eigenvalue weighted by molar-refractivity contribution is 7.92. The summed E-state index contributed by atoms with van der Waals surface area (Å²) >= 11 is 6.33. The van der Waals surface area contributed by atoms with E-state index < -0.39 is 34.1 Å². The zero-order valence-electron chi connectivity index (χ0n) is 20.8. The number of carbonyl (C=O) groups excluding carboxylic acids is 2. The first-order chi connectivity index (χ1) is 15.6. The van der Waals surface area contributed by atoms with Crippen LogP contribution in [-0.4, -0.2) is 49.5 Å². The minimum atomic E-state index is -3.77. The molecule has 2 amide bonds. The Labute approximate surface area is 208 Å². The molecule has 0 aliphatic carbocycles. The third kappa shape index (κ3) is 7.46. The van der Waals surface area contributed by atoms with Gasteiger partial charge in [0.15, 0.2) is 0 Å². The quantitative estimate of drug-likeness (QED) is 0.583. The zero-order valence-corrected chi connectivity index (χ0v) is 22.4. The summed E-state index contributed by atoms with van der Waals surface area (Å²) in [5, 5.41) is 3.34. The Bertz CT molecular complexity index is 1160. The molecular weight excluding hydrogens is 474 g/mol. The Morgan fingerprint density at radius 1 is 1.06 bits per heavy atom. The summed E-state index contributed by atoms with van der Waals surface area (Å²) in [6, 6.07) is 11.4. The van der Waals surface area contributed by atoms with Crippen LogP contribution in [0.25, 0.3) is 0 Å². The molecule has 9 heteroatoms. The molecule has 0 spiro atoms. The van der Waals surface area contributed by atoms with Crippen molar-refractivity contribution in [3.05, 3.63) is 64.2 Å². The van der Waals surface area contributed by atoms with Crippen LogP contribution in [0.4, 0.5) is 5.69 Å². The minimum Gasteiger partial charge on any atom is -0.350 e. The smallest absolute Gasteiger partial charge is 0.244 e. The molecule has 0 aromatic heterocycles. The highest BCUT2D eigenvalue weighted by atomic mass is 35.5. The van der Waals surface area contributed by atoms with E-state index in [1.165, 1.54) is 4.90 Å². The van der Waals surface area contributed by atoms with Crippen LogP contribution in [0.2, 0.25) is 5.02 Å². The predicted molar refractivity (Wildman–Crippen MR) is 137 cm³/mol. The Morgan fingerprint density at radius 2 is 1.68 bits per heavy atom. The number of sulfonamides is 1. The Balaban J connectivity index is 2.44. The molecule has 7 nitrogen and oxygen atoms in total.